The number of fused-ring (bicyclic) bond motifs is 2. The number of ether oxygens (including phenoxy) is 2. The number of alkyl halides is 1. The van der Waals surface area contributed by atoms with Crippen LogP contribution in [0.1, 0.15) is 17.2 Å². The normalized spacial score (nSPS) is 14.8. The maximum Gasteiger partial charge on any atom is 0.175 e. The number of halogens is 2. The first kappa shape index (κ1) is 31.5. The molecule has 2 aliphatic heterocycles. The lowest BCUT2D eigenvalue weighted by Gasteiger charge is -2.44. The van der Waals surface area contributed by atoms with Crippen molar-refractivity contribution < 1.29 is 18.3 Å². The maximum atomic E-state index is 6.24. The molecule has 1 N–H and O–H groups in total. The smallest absolute Gasteiger partial charge is 0.175 e. The topological polar surface area (TPSA) is 60.0 Å². The second-order valence-electron chi connectivity index (χ2n) is 10.5. The Kier molecular flexibility index (Phi) is 10.9. The average molecular weight is 632 g/mol. The Morgan fingerprint density at radius 1 is 0.636 bits per heavy atom. The zero-order valence-electron chi connectivity index (χ0n) is 24.5. The van der Waals surface area contributed by atoms with Crippen LogP contribution in [0.3, 0.4) is 0 Å². The number of benzene rings is 4. The Morgan fingerprint density at radius 2 is 1.11 bits per heavy atom. The van der Waals surface area contributed by atoms with Crippen LogP contribution in [0.2, 0.25) is 0 Å². The summed E-state index contributed by atoms with van der Waals surface area (Å²) in [7, 11) is 0. The minimum Gasteiger partial charge on any atom is -0.484 e. The van der Waals surface area contributed by atoms with Crippen molar-refractivity contribution in [3.05, 3.63) is 133 Å². The van der Waals surface area contributed by atoms with Gasteiger partial charge in [0.05, 0.1) is 18.6 Å². The van der Waals surface area contributed by atoms with Gasteiger partial charge in [-0.3, -0.25) is 4.90 Å². The van der Waals surface area contributed by atoms with Gasteiger partial charge in [0, 0.05) is 43.3 Å². The molecule has 0 unspecified atom stereocenters. The van der Waals surface area contributed by atoms with Crippen molar-refractivity contribution in [2.45, 2.75) is 18.2 Å². The van der Waals surface area contributed by atoms with Crippen LogP contribution < -0.4 is 14.8 Å². The third-order valence-corrected chi connectivity index (χ3v) is 7.69. The van der Waals surface area contributed by atoms with E-state index in [0.29, 0.717) is 6.10 Å². The Hall–Kier alpha value is -3.94. The highest BCUT2D eigenvalue weighted by Gasteiger charge is 2.35. The molecule has 0 radical (unpaired) electrons. The van der Waals surface area contributed by atoms with Crippen LogP contribution in [-0.4, -0.2) is 49.7 Å². The summed E-state index contributed by atoms with van der Waals surface area (Å²) in [5.41, 5.74) is 4.31. The highest BCUT2D eigenvalue weighted by atomic mass is 35.5. The number of rotatable bonds is 7. The zero-order valence-corrected chi connectivity index (χ0v) is 26.0. The van der Waals surface area contributed by atoms with Gasteiger partial charge in [-0.2, -0.15) is 0 Å². The summed E-state index contributed by atoms with van der Waals surface area (Å²) in [5.74, 6) is 1.68. The fourth-order valence-corrected chi connectivity index (χ4v) is 5.46. The third-order valence-electron chi connectivity index (χ3n) is 7.69. The van der Waals surface area contributed by atoms with Crippen LogP contribution >= 0.6 is 24.0 Å². The average Bonchev–Trinajstić information content (AvgIpc) is 3.71. The number of likely N-dealkylation sites (tertiary alicyclic amines) is 1. The minimum absolute atomic E-state index is 0. The first-order chi connectivity index (χ1) is 21.3. The Bertz CT molecular complexity index is 1670. The van der Waals surface area contributed by atoms with Gasteiger partial charge in [0.2, 0.25) is 0 Å². The van der Waals surface area contributed by atoms with Crippen molar-refractivity contribution in [2.24, 2.45) is 0 Å². The van der Waals surface area contributed by atoms with E-state index in [9.17, 15) is 0 Å². The van der Waals surface area contributed by atoms with Crippen LogP contribution in [-0.2, 0) is 0 Å². The lowest BCUT2D eigenvalue weighted by molar-refractivity contribution is 0.000628. The van der Waals surface area contributed by atoms with E-state index in [4.69, 9.17) is 18.3 Å². The minimum atomic E-state index is 0. The molecular formula is C36H36Cl2N2O4. The SMILES string of the molecule is CCl.Cl.c1cc(OC2CNC2)c2occc2c1.c1ccc(C(c2ccccc2)N2CC(Oc3cccc4ccoc34)C2)cc1. The molecule has 2 aromatic heterocycles. The maximum absolute atomic E-state index is 6.24. The van der Waals surface area contributed by atoms with E-state index in [1.807, 2.05) is 48.5 Å². The van der Waals surface area contributed by atoms with Crippen molar-refractivity contribution in [1.82, 2.24) is 10.2 Å². The zero-order chi connectivity index (χ0) is 29.4. The predicted octanol–water partition coefficient (Wildman–Crippen LogP) is 8.35. The quantitative estimate of drug-likeness (QED) is 0.179. The molecule has 2 aliphatic rings. The molecule has 0 spiro atoms. The molecule has 0 aliphatic carbocycles. The standard InChI is InChI=1S/C24H21NO2.C11H11NO2.CH3Cl.ClH/c1-3-8-18(9-4-1)23(19-10-5-2-6-11-19)25-16-21(17-25)27-22-13-7-12-20-14-15-26-24(20)22;1-2-8-4-5-13-11(8)10(3-1)14-9-6-12-7-9;1-2;/h1-15,21,23H,16-17H2;1-5,9,12H,6-7H2;1H3;1H. The molecule has 2 saturated heterocycles. The molecule has 0 atom stereocenters. The second kappa shape index (κ2) is 15.2. The molecule has 44 heavy (non-hydrogen) atoms. The van der Waals surface area contributed by atoms with Crippen molar-refractivity contribution in [2.75, 3.05) is 32.6 Å². The van der Waals surface area contributed by atoms with Gasteiger partial charge >= 0.3 is 0 Å². The van der Waals surface area contributed by atoms with Gasteiger partial charge in [0.15, 0.2) is 22.7 Å². The number of para-hydroxylation sites is 2. The first-order valence-corrected chi connectivity index (χ1v) is 15.3. The van der Waals surface area contributed by atoms with E-state index >= 15 is 0 Å². The van der Waals surface area contributed by atoms with Crippen LogP contribution in [0.4, 0.5) is 0 Å². The molecule has 4 aromatic carbocycles. The molecule has 0 bridgehead atoms. The lowest BCUT2D eigenvalue weighted by atomic mass is 9.94. The van der Waals surface area contributed by atoms with E-state index in [2.05, 4.69) is 82.5 Å². The number of furan rings is 2. The van der Waals surface area contributed by atoms with Gasteiger partial charge in [-0.15, -0.1) is 24.0 Å². The van der Waals surface area contributed by atoms with Crippen molar-refractivity contribution in [3.8, 4) is 11.5 Å². The Morgan fingerprint density at radius 3 is 1.57 bits per heavy atom. The fourth-order valence-electron chi connectivity index (χ4n) is 5.46. The predicted molar refractivity (Wildman–Crippen MR) is 179 cm³/mol. The molecule has 0 saturated carbocycles. The highest BCUT2D eigenvalue weighted by Crippen LogP contribution is 2.35. The van der Waals surface area contributed by atoms with E-state index < -0.39 is 0 Å². The van der Waals surface area contributed by atoms with Crippen LogP contribution in [0.5, 0.6) is 11.5 Å². The molecule has 6 aromatic rings. The summed E-state index contributed by atoms with van der Waals surface area (Å²) >= 11 is 4.64. The molecule has 6 nitrogen and oxygen atoms in total. The Balaban J connectivity index is 0.000000190. The van der Waals surface area contributed by atoms with Gasteiger partial charge in [-0.25, -0.2) is 0 Å². The second-order valence-corrected chi connectivity index (χ2v) is 10.5. The summed E-state index contributed by atoms with van der Waals surface area (Å²) in [6.45, 7) is 3.64. The van der Waals surface area contributed by atoms with Gasteiger partial charge in [-0.05, 0) is 35.4 Å². The van der Waals surface area contributed by atoms with E-state index in [0.717, 1.165) is 59.6 Å². The largest absolute Gasteiger partial charge is 0.484 e. The summed E-state index contributed by atoms with van der Waals surface area (Å²) in [6, 6.07) is 37.5. The van der Waals surface area contributed by atoms with Crippen molar-refractivity contribution in [1.29, 1.82) is 0 Å². The van der Waals surface area contributed by atoms with Crippen LogP contribution in [0, 0.1) is 0 Å². The number of nitrogens with one attached hydrogen (secondary N) is 1. The monoisotopic (exact) mass is 630 g/mol. The molecule has 228 valence electrons. The first-order valence-electron chi connectivity index (χ1n) is 14.5. The van der Waals surface area contributed by atoms with Crippen molar-refractivity contribution >= 4 is 45.9 Å². The van der Waals surface area contributed by atoms with E-state index in [1.165, 1.54) is 17.5 Å². The third kappa shape index (κ3) is 7.06. The van der Waals surface area contributed by atoms with Gasteiger partial charge in [0.1, 0.15) is 12.2 Å². The van der Waals surface area contributed by atoms with Crippen molar-refractivity contribution in [3.63, 3.8) is 0 Å². The number of hydrogen-bond donors (Lipinski definition) is 1. The van der Waals surface area contributed by atoms with Crippen LogP contribution in [0.25, 0.3) is 21.9 Å². The summed E-state index contributed by atoms with van der Waals surface area (Å²) in [5, 5.41) is 5.34. The molecular weight excluding hydrogens is 595 g/mol. The number of hydrogen-bond acceptors (Lipinski definition) is 6. The molecule has 0 amide bonds. The lowest BCUT2D eigenvalue weighted by Crippen LogP contribution is -2.55. The summed E-state index contributed by atoms with van der Waals surface area (Å²) in [4.78, 5) is 2.47. The molecule has 8 rings (SSSR count). The van der Waals surface area contributed by atoms with E-state index in [1.54, 1.807) is 12.5 Å². The van der Waals surface area contributed by atoms with Gasteiger partial charge in [-0.1, -0.05) is 84.9 Å². The molecule has 4 heterocycles. The fraction of sp³-hybridized carbons (Fsp3) is 0.222. The Labute approximate surface area is 268 Å². The van der Waals surface area contributed by atoms with Crippen LogP contribution in [0.15, 0.2) is 131 Å². The summed E-state index contributed by atoms with van der Waals surface area (Å²) in [6.07, 6.45) is 5.35. The molecule has 2 fully saturated rings. The number of nitrogens with zero attached hydrogens (tertiary/aromatic N) is 1. The van der Waals surface area contributed by atoms with E-state index in [-0.39, 0.29) is 24.6 Å². The summed E-state index contributed by atoms with van der Waals surface area (Å²) < 4.78 is 23.0. The van der Waals surface area contributed by atoms with Gasteiger partial charge < -0.3 is 23.6 Å². The molecule has 8 heteroatoms. The highest BCUT2D eigenvalue weighted by molar-refractivity contribution is 6.15. The van der Waals surface area contributed by atoms with Gasteiger partial charge in [0.25, 0.3) is 0 Å².